The molecular formula is C15H14Cl3NO. The monoisotopic (exact) mass is 329 g/mol. The number of hydrogen-bond donors (Lipinski definition) is 1. The lowest BCUT2D eigenvalue weighted by Crippen LogP contribution is -2.36. The Bertz CT molecular complexity index is 576. The first-order valence-corrected chi connectivity index (χ1v) is 7.32. The van der Waals surface area contributed by atoms with E-state index < -0.39 is 9.75 Å². The van der Waals surface area contributed by atoms with Crippen LogP contribution in [0, 0.1) is 23.7 Å². The van der Waals surface area contributed by atoms with Crippen LogP contribution in [0.4, 0.5) is 0 Å². The molecule has 1 aromatic rings. The first kappa shape index (κ1) is 15.5. The molecule has 3 atom stereocenters. The Balaban J connectivity index is 2.13. The fourth-order valence-corrected chi connectivity index (χ4v) is 3.30. The summed E-state index contributed by atoms with van der Waals surface area (Å²) in [7, 11) is 0. The van der Waals surface area contributed by atoms with Gasteiger partial charge in [0.2, 0.25) is 5.91 Å². The van der Waals surface area contributed by atoms with Crippen LogP contribution >= 0.6 is 34.8 Å². The van der Waals surface area contributed by atoms with Crippen LogP contribution < -0.4 is 5.32 Å². The quantitative estimate of drug-likeness (QED) is 0.659. The summed E-state index contributed by atoms with van der Waals surface area (Å²) in [6, 6.07) is 7.02. The number of rotatable bonds is 3. The standard InChI is InChI=1S/C15H14Cl3NO/c1-4-14(10(3)15(14,17)18)13(20)19-9(2)11-5-7-12(16)8-6-11/h1,5-10H,2-3H3,(H,19,20)/t9?,10-,14+/m0/s1. The van der Waals surface area contributed by atoms with Crippen molar-refractivity contribution in [2.24, 2.45) is 11.3 Å². The summed E-state index contributed by atoms with van der Waals surface area (Å²) in [4.78, 5) is 12.4. The summed E-state index contributed by atoms with van der Waals surface area (Å²) < 4.78 is -1.20. The van der Waals surface area contributed by atoms with Gasteiger partial charge in [0, 0.05) is 10.9 Å². The van der Waals surface area contributed by atoms with Gasteiger partial charge in [0.1, 0.15) is 9.75 Å². The number of benzene rings is 1. The lowest BCUT2D eigenvalue weighted by atomic mass is 10.0. The van der Waals surface area contributed by atoms with E-state index in [0.717, 1.165) is 5.56 Å². The van der Waals surface area contributed by atoms with Gasteiger partial charge < -0.3 is 5.32 Å². The molecule has 0 aromatic heterocycles. The Hall–Kier alpha value is -0.880. The largest absolute Gasteiger partial charge is 0.348 e. The highest BCUT2D eigenvalue weighted by Gasteiger charge is 2.77. The number of carbonyl (C=O) groups is 1. The molecule has 0 radical (unpaired) electrons. The van der Waals surface area contributed by atoms with Gasteiger partial charge >= 0.3 is 0 Å². The zero-order valence-electron chi connectivity index (χ0n) is 11.1. The summed E-state index contributed by atoms with van der Waals surface area (Å²) in [5.74, 6) is 1.86. The van der Waals surface area contributed by atoms with Crippen LogP contribution in [0.5, 0.6) is 0 Å². The molecule has 2 rings (SSSR count). The molecule has 1 fully saturated rings. The molecule has 1 aromatic carbocycles. The van der Waals surface area contributed by atoms with Crippen LogP contribution in [0.15, 0.2) is 24.3 Å². The molecule has 0 spiro atoms. The van der Waals surface area contributed by atoms with Crippen LogP contribution in [0.25, 0.3) is 0 Å². The molecule has 0 aliphatic heterocycles. The van der Waals surface area contributed by atoms with Crippen molar-refractivity contribution in [3.8, 4) is 12.3 Å². The van der Waals surface area contributed by atoms with Crippen molar-refractivity contribution in [3.05, 3.63) is 34.9 Å². The van der Waals surface area contributed by atoms with Crippen LogP contribution in [0.1, 0.15) is 25.5 Å². The summed E-state index contributed by atoms with van der Waals surface area (Å²) in [6.45, 7) is 3.63. The number of terminal acetylenes is 1. The Morgan fingerprint density at radius 2 is 1.90 bits per heavy atom. The van der Waals surface area contributed by atoms with E-state index in [4.69, 9.17) is 41.2 Å². The van der Waals surface area contributed by atoms with Gasteiger partial charge in [-0.3, -0.25) is 4.79 Å². The molecule has 0 saturated heterocycles. The summed E-state index contributed by atoms with van der Waals surface area (Å²) >= 11 is 18.0. The molecule has 1 aliphatic carbocycles. The Labute approximate surface area is 133 Å². The average molecular weight is 331 g/mol. The van der Waals surface area contributed by atoms with Gasteiger partial charge in [-0.05, 0) is 24.6 Å². The van der Waals surface area contributed by atoms with E-state index in [0.29, 0.717) is 5.02 Å². The van der Waals surface area contributed by atoms with Gasteiger partial charge in [-0.25, -0.2) is 0 Å². The minimum absolute atomic E-state index is 0.207. The molecule has 5 heteroatoms. The molecule has 1 saturated carbocycles. The third-order valence-corrected chi connectivity index (χ3v) is 5.44. The van der Waals surface area contributed by atoms with E-state index >= 15 is 0 Å². The second-order valence-electron chi connectivity index (χ2n) is 5.04. The van der Waals surface area contributed by atoms with Gasteiger partial charge in [0.15, 0.2) is 0 Å². The SMILES string of the molecule is C#C[C@]1(C(=O)NC(C)c2ccc(Cl)cc2)[C@H](C)C1(Cl)Cl. The Kier molecular flexibility index (Phi) is 3.99. The second-order valence-corrected chi connectivity index (χ2v) is 6.87. The molecule has 1 aliphatic rings. The highest BCUT2D eigenvalue weighted by molar-refractivity contribution is 6.54. The summed E-state index contributed by atoms with van der Waals surface area (Å²) in [5.41, 5.74) is -0.227. The minimum atomic E-state index is -1.20. The average Bonchev–Trinajstić information content (AvgIpc) is 2.84. The molecule has 2 nitrogen and oxygen atoms in total. The molecule has 0 bridgehead atoms. The smallest absolute Gasteiger partial charge is 0.242 e. The predicted octanol–water partition coefficient (Wildman–Crippen LogP) is 3.96. The van der Waals surface area contributed by atoms with Gasteiger partial charge in [0.05, 0.1) is 6.04 Å². The first-order chi connectivity index (χ1) is 9.27. The van der Waals surface area contributed by atoms with E-state index in [1.54, 1.807) is 19.1 Å². The molecule has 20 heavy (non-hydrogen) atoms. The van der Waals surface area contributed by atoms with Crippen molar-refractivity contribution >= 4 is 40.7 Å². The Morgan fingerprint density at radius 3 is 2.30 bits per heavy atom. The summed E-state index contributed by atoms with van der Waals surface area (Å²) in [5, 5.41) is 3.50. The zero-order chi connectivity index (χ0) is 15.1. The van der Waals surface area contributed by atoms with E-state index in [2.05, 4.69) is 11.2 Å². The number of alkyl halides is 2. The maximum Gasteiger partial charge on any atom is 0.242 e. The van der Waals surface area contributed by atoms with E-state index in [9.17, 15) is 4.79 Å². The second kappa shape index (κ2) is 5.15. The zero-order valence-corrected chi connectivity index (χ0v) is 13.4. The maximum atomic E-state index is 12.4. The highest BCUT2D eigenvalue weighted by Crippen LogP contribution is 2.68. The number of hydrogen-bond acceptors (Lipinski definition) is 1. The topological polar surface area (TPSA) is 29.1 Å². The molecule has 0 heterocycles. The van der Waals surface area contributed by atoms with Gasteiger partial charge in [0.25, 0.3) is 0 Å². The van der Waals surface area contributed by atoms with Gasteiger partial charge in [-0.2, -0.15) is 0 Å². The van der Waals surface area contributed by atoms with Crippen LogP contribution in [0.2, 0.25) is 5.02 Å². The number of halogens is 3. The van der Waals surface area contributed by atoms with Crippen molar-refractivity contribution in [1.82, 2.24) is 5.32 Å². The van der Waals surface area contributed by atoms with Crippen molar-refractivity contribution in [2.45, 2.75) is 24.2 Å². The third-order valence-electron chi connectivity index (χ3n) is 3.94. The van der Waals surface area contributed by atoms with E-state index in [1.165, 1.54) is 0 Å². The number of amides is 1. The van der Waals surface area contributed by atoms with Gasteiger partial charge in [-0.15, -0.1) is 6.42 Å². The molecule has 1 unspecified atom stereocenters. The van der Waals surface area contributed by atoms with Crippen molar-refractivity contribution < 1.29 is 4.79 Å². The molecule has 1 N–H and O–H groups in total. The number of nitrogens with one attached hydrogen (secondary N) is 1. The first-order valence-electron chi connectivity index (χ1n) is 6.19. The fourth-order valence-electron chi connectivity index (χ4n) is 2.35. The van der Waals surface area contributed by atoms with Crippen molar-refractivity contribution in [2.75, 3.05) is 0 Å². The van der Waals surface area contributed by atoms with Crippen LogP contribution in [-0.2, 0) is 4.79 Å². The number of carbonyl (C=O) groups excluding carboxylic acids is 1. The van der Waals surface area contributed by atoms with E-state index in [1.807, 2.05) is 19.1 Å². The van der Waals surface area contributed by atoms with Crippen LogP contribution in [-0.4, -0.2) is 10.2 Å². The summed E-state index contributed by atoms with van der Waals surface area (Å²) in [6.07, 6.45) is 5.47. The van der Waals surface area contributed by atoms with Crippen LogP contribution in [0.3, 0.4) is 0 Å². The normalized spacial score (nSPS) is 28.3. The highest BCUT2D eigenvalue weighted by atomic mass is 35.5. The van der Waals surface area contributed by atoms with Crippen molar-refractivity contribution in [3.63, 3.8) is 0 Å². The Morgan fingerprint density at radius 1 is 1.40 bits per heavy atom. The minimum Gasteiger partial charge on any atom is -0.348 e. The fraction of sp³-hybridized carbons (Fsp3) is 0.400. The van der Waals surface area contributed by atoms with Crippen molar-refractivity contribution in [1.29, 1.82) is 0 Å². The maximum absolute atomic E-state index is 12.4. The lowest BCUT2D eigenvalue weighted by Gasteiger charge is -2.18. The van der Waals surface area contributed by atoms with Gasteiger partial charge in [-0.1, -0.05) is 59.8 Å². The predicted molar refractivity (Wildman–Crippen MR) is 82.9 cm³/mol. The molecule has 106 valence electrons. The lowest BCUT2D eigenvalue weighted by molar-refractivity contribution is -0.125. The molecule has 1 amide bonds. The molecular weight excluding hydrogens is 317 g/mol. The third kappa shape index (κ3) is 2.19. The van der Waals surface area contributed by atoms with E-state index in [-0.39, 0.29) is 17.9 Å².